The van der Waals surface area contributed by atoms with E-state index in [9.17, 15) is 5.11 Å². The first-order valence-corrected chi connectivity index (χ1v) is 7.45. The Morgan fingerprint density at radius 2 is 1.84 bits per heavy atom. The molecule has 1 unspecified atom stereocenters. The van der Waals surface area contributed by atoms with E-state index in [0.29, 0.717) is 10.0 Å². The van der Waals surface area contributed by atoms with Gasteiger partial charge in [0.2, 0.25) is 0 Å². The van der Waals surface area contributed by atoms with E-state index in [-0.39, 0.29) is 12.5 Å². The molecule has 100 valence electrons. The van der Waals surface area contributed by atoms with E-state index in [4.69, 9.17) is 23.2 Å². The van der Waals surface area contributed by atoms with Crippen LogP contribution in [0.1, 0.15) is 17.0 Å². The Hall–Kier alpha value is -0.540. The van der Waals surface area contributed by atoms with Gasteiger partial charge in [-0.25, -0.2) is 0 Å². The van der Waals surface area contributed by atoms with Gasteiger partial charge in [-0.3, -0.25) is 0 Å². The highest BCUT2D eigenvalue weighted by atomic mass is 79.9. The topological polar surface area (TPSA) is 20.2 Å². The zero-order valence-corrected chi connectivity index (χ0v) is 13.2. The molecule has 0 aliphatic heterocycles. The molecule has 0 heterocycles. The molecular formula is C15H13BrCl2O. The summed E-state index contributed by atoms with van der Waals surface area (Å²) in [6.45, 7) is 0.0939. The molecule has 0 amide bonds. The van der Waals surface area contributed by atoms with Crippen molar-refractivity contribution < 1.29 is 5.11 Å². The molecule has 1 atom stereocenters. The lowest BCUT2D eigenvalue weighted by Crippen LogP contribution is -2.07. The molecule has 0 saturated heterocycles. The van der Waals surface area contributed by atoms with E-state index in [1.54, 1.807) is 6.07 Å². The van der Waals surface area contributed by atoms with Crippen molar-refractivity contribution in [1.29, 1.82) is 0 Å². The maximum absolute atomic E-state index is 9.58. The first-order chi connectivity index (χ1) is 9.10. The molecule has 2 aromatic rings. The zero-order chi connectivity index (χ0) is 13.8. The van der Waals surface area contributed by atoms with Gasteiger partial charge in [0.15, 0.2) is 0 Å². The lowest BCUT2D eigenvalue weighted by Gasteiger charge is -2.15. The number of halogens is 3. The molecule has 1 nitrogen and oxygen atoms in total. The molecule has 19 heavy (non-hydrogen) atoms. The summed E-state index contributed by atoms with van der Waals surface area (Å²) in [6, 6.07) is 13.6. The number of hydrogen-bond acceptors (Lipinski definition) is 1. The average Bonchev–Trinajstić information content (AvgIpc) is 2.40. The van der Waals surface area contributed by atoms with Gasteiger partial charge in [0.05, 0.1) is 16.7 Å². The second-order valence-corrected chi connectivity index (χ2v) is 6.12. The van der Waals surface area contributed by atoms with Gasteiger partial charge < -0.3 is 5.11 Å². The molecule has 0 bridgehead atoms. The average molecular weight is 360 g/mol. The van der Waals surface area contributed by atoms with Gasteiger partial charge in [-0.05, 0) is 41.8 Å². The Labute approximate surface area is 131 Å². The monoisotopic (exact) mass is 358 g/mol. The fourth-order valence-corrected chi connectivity index (χ4v) is 2.74. The molecule has 0 aliphatic rings. The standard InChI is InChI=1S/C15H13BrCl2O/c16-13-3-1-2-11(8-13)12(9-19)6-10-4-5-14(17)15(18)7-10/h1-5,7-8,12,19H,6,9H2. The number of aliphatic hydroxyl groups excluding tert-OH is 1. The molecule has 0 aliphatic carbocycles. The molecule has 0 saturated carbocycles. The zero-order valence-electron chi connectivity index (χ0n) is 10.1. The highest BCUT2D eigenvalue weighted by Gasteiger charge is 2.12. The number of aliphatic hydroxyl groups is 1. The van der Waals surface area contributed by atoms with Crippen molar-refractivity contribution in [1.82, 2.24) is 0 Å². The van der Waals surface area contributed by atoms with E-state index in [0.717, 1.165) is 22.0 Å². The minimum atomic E-state index is 0.0507. The van der Waals surface area contributed by atoms with Crippen LogP contribution in [-0.2, 0) is 6.42 Å². The maximum Gasteiger partial charge on any atom is 0.0595 e. The van der Waals surface area contributed by atoms with Crippen LogP contribution in [-0.4, -0.2) is 11.7 Å². The summed E-state index contributed by atoms with van der Waals surface area (Å²) in [6.07, 6.45) is 0.726. The van der Waals surface area contributed by atoms with Gasteiger partial charge in [-0.1, -0.05) is 57.3 Å². The van der Waals surface area contributed by atoms with Crippen molar-refractivity contribution >= 4 is 39.1 Å². The molecule has 0 fully saturated rings. The second kappa shape index (κ2) is 6.76. The van der Waals surface area contributed by atoms with E-state index >= 15 is 0 Å². The van der Waals surface area contributed by atoms with Crippen LogP contribution in [0.5, 0.6) is 0 Å². The smallest absolute Gasteiger partial charge is 0.0595 e. The van der Waals surface area contributed by atoms with Gasteiger partial charge >= 0.3 is 0 Å². The predicted molar refractivity (Wildman–Crippen MR) is 84.1 cm³/mol. The van der Waals surface area contributed by atoms with Crippen molar-refractivity contribution in [2.45, 2.75) is 12.3 Å². The van der Waals surface area contributed by atoms with Crippen molar-refractivity contribution in [2.75, 3.05) is 6.61 Å². The SMILES string of the molecule is OCC(Cc1ccc(Cl)c(Cl)c1)c1cccc(Br)c1. The molecule has 2 aromatic carbocycles. The molecule has 4 heteroatoms. The molecule has 2 rings (SSSR count). The van der Waals surface area contributed by atoms with Gasteiger partial charge in [-0.2, -0.15) is 0 Å². The number of rotatable bonds is 4. The summed E-state index contributed by atoms with van der Waals surface area (Å²) in [5.74, 6) is 0.0507. The van der Waals surface area contributed by atoms with Crippen LogP contribution < -0.4 is 0 Å². The van der Waals surface area contributed by atoms with Gasteiger partial charge in [0, 0.05) is 10.4 Å². The van der Waals surface area contributed by atoms with Crippen LogP contribution in [0, 0.1) is 0 Å². The summed E-state index contributed by atoms with van der Waals surface area (Å²) >= 11 is 15.4. The number of benzene rings is 2. The Kier molecular flexibility index (Phi) is 5.28. The summed E-state index contributed by atoms with van der Waals surface area (Å²) in [5.41, 5.74) is 2.16. The van der Waals surface area contributed by atoms with Crippen LogP contribution in [0.15, 0.2) is 46.9 Å². The lowest BCUT2D eigenvalue weighted by molar-refractivity contribution is 0.264. The summed E-state index contributed by atoms with van der Waals surface area (Å²) in [5, 5.41) is 10.7. The first kappa shape index (κ1) is 14.9. The molecule has 0 aromatic heterocycles. The van der Waals surface area contributed by atoms with Crippen LogP contribution in [0.25, 0.3) is 0 Å². The Balaban J connectivity index is 2.21. The maximum atomic E-state index is 9.58. The fourth-order valence-electron chi connectivity index (χ4n) is 2.00. The van der Waals surface area contributed by atoms with E-state index in [2.05, 4.69) is 15.9 Å². The van der Waals surface area contributed by atoms with E-state index in [1.807, 2.05) is 36.4 Å². The third-order valence-corrected chi connectivity index (χ3v) is 4.24. The van der Waals surface area contributed by atoms with Crippen LogP contribution >= 0.6 is 39.1 Å². The second-order valence-electron chi connectivity index (χ2n) is 4.39. The van der Waals surface area contributed by atoms with Crippen molar-refractivity contribution in [3.05, 3.63) is 68.1 Å². The Morgan fingerprint density at radius 3 is 2.47 bits per heavy atom. The molecular weight excluding hydrogens is 347 g/mol. The largest absolute Gasteiger partial charge is 0.396 e. The summed E-state index contributed by atoms with van der Waals surface area (Å²) < 4.78 is 1.01. The lowest BCUT2D eigenvalue weighted by atomic mass is 9.93. The highest BCUT2D eigenvalue weighted by molar-refractivity contribution is 9.10. The normalized spacial score (nSPS) is 12.4. The van der Waals surface area contributed by atoms with Crippen LogP contribution in [0.2, 0.25) is 10.0 Å². The highest BCUT2D eigenvalue weighted by Crippen LogP contribution is 2.27. The third-order valence-electron chi connectivity index (χ3n) is 3.01. The van der Waals surface area contributed by atoms with Crippen molar-refractivity contribution in [3.8, 4) is 0 Å². The summed E-state index contributed by atoms with van der Waals surface area (Å²) in [4.78, 5) is 0. The first-order valence-electron chi connectivity index (χ1n) is 5.90. The quantitative estimate of drug-likeness (QED) is 0.807. The number of hydrogen-bond donors (Lipinski definition) is 1. The van der Waals surface area contributed by atoms with Crippen LogP contribution in [0.3, 0.4) is 0 Å². The van der Waals surface area contributed by atoms with Crippen LogP contribution in [0.4, 0.5) is 0 Å². The molecule has 0 radical (unpaired) electrons. The van der Waals surface area contributed by atoms with Gasteiger partial charge in [-0.15, -0.1) is 0 Å². The molecule has 0 spiro atoms. The van der Waals surface area contributed by atoms with Crippen molar-refractivity contribution in [2.24, 2.45) is 0 Å². The fraction of sp³-hybridized carbons (Fsp3) is 0.200. The van der Waals surface area contributed by atoms with Gasteiger partial charge in [0.1, 0.15) is 0 Å². The van der Waals surface area contributed by atoms with Gasteiger partial charge in [0.25, 0.3) is 0 Å². The third kappa shape index (κ3) is 3.96. The minimum Gasteiger partial charge on any atom is -0.396 e. The Bertz CT molecular complexity index is 572. The van der Waals surface area contributed by atoms with E-state index < -0.39 is 0 Å². The predicted octanol–water partition coefficient (Wildman–Crippen LogP) is 5.07. The Morgan fingerprint density at radius 1 is 1.05 bits per heavy atom. The summed E-state index contributed by atoms with van der Waals surface area (Å²) in [7, 11) is 0. The molecule has 1 N–H and O–H groups in total. The van der Waals surface area contributed by atoms with E-state index in [1.165, 1.54) is 0 Å². The van der Waals surface area contributed by atoms with Crippen molar-refractivity contribution in [3.63, 3.8) is 0 Å². The minimum absolute atomic E-state index is 0.0507.